The number of halogens is 1. The molecule has 20 heavy (non-hydrogen) atoms. The first kappa shape index (κ1) is 16.3. The van der Waals surface area contributed by atoms with Crippen LogP contribution in [0.1, 0.15) is 40.0 Å². The minimum atomic E-state index is 0.389. The van der Waals surface area contributed by atoms with Crippen molar-refractivity contribution in [2.45, 2.75) is 50.3 Å². The van der Waals surface area contributed by atoms with Gasteiger partial charge in [0.1, 0.15) is 5.03 Å². The predicted octanol–water partition coefficient (Wildman–Crippen LogP) is 4.73. The largest absolute Gasteiger partial charge is 0.330 e. The van der Waals surface area contributed by atoms with Crippen molar-refractivity contribution < 1.29 is 0 Å². The molecule has 1 saturated carbocycles. The van der Waals surface area contributed by atoms with Gasteiger partial charge in [-0.25, -0.2) is 4.98 Å². The molecule has 1 aromatic rings. The lowest BCUT2D eigenvalue weighted by Crippen LogP contribution is -2.36. The third-order valence-electron chi connectivity index (χ3n) is 4.44. The predicted molar refractivity (Wildman–Crippen MR) is 90.9 cm³/mol. The van der Waals surface area contributed by atoms with Gasteiger partial charge in [-0.15, -0.1) is 11.8 Å². The molecular weight excluding hydrogens is 332 g/mol. The molecule has 1 aliphatic carbocycles. The van der Waals surface area contributed by atoms with E-state index in [1.54, 1.807) is 0 Å². The van der Waals surface area contributed by atoms with Gasteiger partial charge in [0.2, 0.25) is 0 Å². The van der Waals surface area contributed by atoms with E-state index in [0.717, 1.165) is 22.0 Å². The molecule has 0 saturated heterocycles. The van der Waals surface area contributed by atoms with Crippen LogP contribution in [0.15, 0.2) is 27.8 Å². The zero-order chi connectivity index (χ0) is 14.8. The molecule has 0 bridgehead atoms. The lowest BCUT2D eigenvalue weighted by molar-refractivity contribution is 0.157. The molecule has 0 radical (unpaired) electrons. The quantitative estimate of drug-likeness (QED) is 0.850. The molecule has 1 fully saturated rings. The number of rotatable bonds is 3. The maximum Gasteiger partial charge on any atom is 0.110 e. The topological polar surface area (TPSA) is 38.9 Å². The summed E-state index contributed by atoms with van der Waals surface area (Å²) in [6.45, 7) is 7.87. The van der Waals surface area contributed by atoms with E-state index in [1.807, 2.05) is 24.0 Å². The van der Waals surface area contributed by atoms with Crippen molar-refractivity contribution in [2.24, 2.45) is 23.0 Å². The third kappa shape index (κ3) is 3.99. The van der Waals surface area contributed by atoms with Crippen molar-refractivity contribution in [3.63, 3.8) is 0 Å². The molecule has 0 spiro atoms. The normalized spacial score (nSPS) is 27.6. The Hall–Kier alpha value is -0.0600. The van der Waals surface area contributed by atoms with Gasteiger partial charge < -0.3 is 5.73 Å². The average molecular weight is 357 g/mol. The van der Waals surface area contributed by atoms with Crippen LogP contribution in [0.25, 0.3) is 0 Å². The van der Waals surface area contributed by atoms with Crippen LogP contribution in [0.2, 0.25) is 0 Å². The summed E-state index contributed by atoms with van der Waals surface area (Å²) in [5, 5.41) is 1.69. The highest BCUT2D eigenvalue weighted by atomic mass is 79.9. The molecule has 0 aromatic carbocycles. The Bertz CT molecular complexity index is 444. The van der Waals surface area contributed by atoms with Crippen molar-refractivity contribution in [3.05, 3.63) is 22.8 Å². The minimum Gasteiger partial charge on any atom is -0.330 e. The maximum absolute atomic E-state index is 5.99. The summed E-state index contributed by atoms with van der Waals surface area (Å²) in [5.41, 5.74) is 6.38. The van der Waals surface area contributed by atoms with Crippen LogP contribution in [-0.2, 0) is 0 Å². The van der Waals surface area contributed by atoms with Gasteiger partial charge in [-0.3, -0.25) is 0 Å². The Balaban J connectivity index is 2.12. The Morgan fingerprint density at radius 2 is 2.15 bits per heavy atom. The second kappa shape index (κ2) is 6.80. The van der Waals surface area contributed by atoms with Crippen molar-refractivity contribution in [1.82, 2.24) is 4.98 Å². The molecule has 1 aromatic heterocycles. The molecule has 3 unspecified atom stereocenters. The smallest absolute Gasteiger partial charge is 0.110 e. The SMILES string of the molecule is CC(C)(C)C1CCC(CN)C(Sc2ncccc2Br)C1. The summed E-state index contributed by atoms with van der Waals surface area (Å²) in [6.07, 6.45) is 5.68. The van der Waals surface area contributed by atoms with Crippen molar-refractivity contribution in [2.75, 3.05) is 6.54 Å². The first-order valence-electron chi connectivity index (χ1n) is 7.39. The number of aromatic nitrogens is 1. The number of thioether (sulfide) groups is 1. The highest BCUT2D eigenvalue weighted by Gasteiger charge is 2.36. The fourth-order valence-electron chi connectivity index (χ4n) is 2.99. The zero-order valence-corrected chi connectivity index (χ0v) is 15.0. The van der Waals surface area contributed by atoms with E-state index in [9.17, 15) is 0 Å². The average Bonchev–Trinajstić information content (AvgIpc) is 2.40. The number of pyridine rings is 1. The summed E-state index contributed by atoms with van der Waals surface area (Å²) in [6, 6.07) is 4.03. The summed E-state index contributed by atoms with van der Waals surface area (Å²) in [4.78, 5) is 4.50. The Morgan fingerprint density at radius 1 is 1.40 bits per heavy atom. The molecule has 1 aliphatic rings. The number of nitrogens with zero attached hydrogens (tertiary/aromatic N) is 1. The summed E-state index contributed by atoms with van der Waals surface area (Å²) < 4.78 is 1.10. The van der Waals surface area contributed by atoms with Gasteiger partial charge in [0.15, 0.2) is 0 Å². The molecule has 0 aliphatic heterocycles. The molecule has 112 valence electrons. The zero-order valence-electron chi connectivity index (χ0n) is 12.6. The van der Waals surface area contributed by atoms with Crippen molar-refractivity contribution in [1.29, 1.82) is 0 Å². The first-order valence-corrected chi connectivity index (χ1v) is 9.06. The number of hydrogen-bond donors (Lipinski definition) is 1. The van der Waals surface area contributed by atoms with Gasteiger partial charge in [-0.2, -0.15) is 0 Å². The van der Waals surface area contributed by atoms with E-state index >= 15 is 0 Å². The lowest BCUT2D eigenvalue weighted by Gasteiger charge is -2.41. The molecular formula is C16H25BrN2S. The van der Waals surface area contributed by atoms with Crippen molar-refractivity contribution in [3.8, 4) is 0 Å². The highest BCUT2D eigenvalue weighted by molar-refractivity contribution is 9.10. The second-order valence-corrected chi connectivity index (χ2v) is 8.90. The molecule has 1 heterocycles. The van der Waals surface area contributed by atoms with Gasteiger partial charge in [-0.1, -0.05) is 20.8 Å². The van der Waals surface area contributed by atoms with Gasteiger partial charge in [0, 0.05) is 15.9 Å². The molecule has 2 N–H and O–H groups in total. The third-order valence-corrected chi connectivity index (χ3v) is 6.77. The monoisotopic (exact) mass is 356 g/mol. The van der Waals surface area contributed by atoms with Gasteiger partial charge in [0.05, 0.1) is 0 Å². The molecule has 3 atom stereocenters. The lowest BCUT2D eigenvalue weighted by atomic mass is 9.69. The fraction of sp³-hybridized carbons (Fsp3) is 0.688. The van der Waals surface area contributed by atoms with E-state index in [-0.39, 0.29) is 0 Å². The van der Waals surface area contributed by atoms with E-state index < -0.39 is 0 Å². The van der Waals surface area contributed by atoms with Crippen molar-refractivity contribution >= 4 is 27.7 Å². The van der Waals surface area contributed by atoms with Crippen LogP contribution >= 0.6 is 27.7 Å². The molecule has 2 nitrogen and oxygen atoms in total. The molecule has 2 rings (SSSR count). The van der Waals surface area contributed by atoms with E-state index in [4.69, 9.17) is 5.73 Å². The molecule has 0 amide bonds. The summed E-state index contributed by atoms with van der Waals surface area (Å²) >= 11 is 5.51. The Morgan fingerprint density at radius 3 is 2.75 bits per heavy atom. The maximum atomic E-state index is 5.99. The molecule has 4 heteroatoms. The standard InChI is InChI=1S/C16H25BrN2S/c1-16(2,3)12-7-6-11(10-18)14(9-12)20-15-13(17)5-4-8-19-15/h4-5,8,11-12,14H,6-7,9-10,18H2,1-3H3. The van der Waals surface area contributed by atoms with Crippen LogP contribution in [0.4, 0.5) is 0 Å². The van der Waals surface area contributed by atoms with Gasteiger partial charge in [0.25, 0.3) is 0 Å². The van der Waals surface area contributed by atoms with E-state index in [1.165, 1.54) is 19.3 Å². The summed E-state index contributed by atoms with van der Waals surface area (Å²) in [7, 11) is 0. The fourth-order valence-corrected chi connectivity index (χ4v) is 4.89. The van der Waals surface area contributed by atoms with Crippen LogP contribution in [0, 0.1) is 17.3 Å². The first-order chi connectivity index (χ1) is 9.41. The van der Waals surface area contributed by atoms with Crippen LogP contribution < -0.4 is 5.73 Å². The number of hydrogen-bond acceptors (Lipinski definition) is 3. The number of nitrogens with two attached hydrogens (primary N) is 1. The Kier molecular flexibility index (Phi) is 5.55. The van der Waals surface area contributed by atoms with Gasteiger partial charge in [-0.05, 0) is 71.1 Å². The van der Waals surface area contributed by atoms with Crippen LogP contribution in [0.5, 0.6) is 0 Å². The highest BCUT2D eigenvalue weighted by Crippen LogP contribution is 2.45. The van der Waals surface area contributed by atoms with E-state index in [2.05, 4.69) is 47.8 Å². The Labute approximate surface area is 135 Å². The van der Waals surface area contributed by atoms with Crippen LogP contribution in [0.3, 0.4) is 0 Å². The van der Waals surface area contributed by atoms with Gasteiger partial charge >= 0.3 is 0 Å². The van der Waals surface area contributed by atoms with Crippen LogP contribution in [-0.4, -0.2) is 16.8 Å². The van der Waals surface area contributed by atoms with E-state index in [0.29, 0.717) is 16.6 Å². The second-order valence-electron chi connectivity index (χ2n) is 6.82. The summed E-state index contributed by atoms with van der Waals surface area (Å²) in [5.74, 6) is 1.40. The minimum absolute atomic E-state index is 0.389.